The van der Waals surface area contributed by atoms with Gasteiger partial charge in [0.05, 0.1) is 0 Å². The van der Waals surface area contributed by atoms with Gasteiger partial charge in [-0.25, -0.2) is 0 Å². The third-order valence-corrected chi connectivity index (χ3v) is 10.9. The maximum atomic E-state index is 10.2. The predicted octanol–water partition coefficient (Wildman–Crippen LogP) is 14.3. The van der Waals surface area contributed by atoms with Gasteiger partial charge in [-0.15, -0.1) is 0 Å². The van der Waals surface area contributed by atoms with E-state index >= 15 is 0 Å². The molecule has 0 unspecified atom stereocenters. The molecule has 6 nitrogen and oxygen atoms in total. The van der Waals surface area contributed by atoms with Crippen LogP contribution in [0.2, 0.25) is 0 Å². The van der Waals surface area contributed by atoms with Gasteiger partial charge in [0.15, 0.2) is 0 Å². The summed E-state index contributed by atoms with van der Waals surface area (Å²) in [6.45, 7) is 6.77. The smallest absolute Gasteiger partial charge is 0.550 e. The first-order chi connectivity index (χ1) is 29.3. The van der Waals surface area contributed by atoms with E-state index in [1.54, 1.807) is 0 Å². The number of hydrogen-bond donors (Lipinski definition) is 0. The van der Waals surface area contributed by atoms with E-state index in [1.165, 1.54) is 193 Å². The number of allylic oxidation sites excluding steroid dienone is 6. The Balaban J connectivity index is -0.000000396. The molecule has 0 saturated heterocycles. The summed E-state index contributed by atoms with van der Waals surface area (Å²) >= 11 is 0. The fourth-order valence-electron chi connectivity index (χ4n) is 7.02. The van der Waals surface area contributed by atoms with Crippen LogP contribution in [-0.2, 0) is 34.5 Å². The molecule has 0 amide bonds. The average molecular weight is 1040 g/mol. The van der Waals surface area contributed by atoms with Crippen LogP contribution in [0.15, 0.2) is 36.5 Å². The number of carbonyl (C=O) groups excluding carboxylic acids is 3. The van der Waals surface area contributed by atoms with Crippen LogP contribution in [0.1, 0.15) is 290 Å². The summed E-state index contributed by atoms with van der Waals surface area (Å²) in [5.74, 6) is -2.74. The largest absolute Gasteiger partial charge is 3.00 e. The Morgan fingerprint density at radius 2 is 0.410 bits per heavy atom. The molecule has 360 valence electrons. The van der Waals surface area contributed by atoms with E-state index in [0.717, 1.165) is 57.8 Å². The van der Waals surface area contributed by atoms with Crippen molar-refractivity contribution in [2.75, 3.05) is 0 Å². The molecule has 0 aliphatic carbocycles. The van der Waals surface area contributed by atoms with Crippen molar-refractivity contribution in [2.24, 2.45) is 0 Å². The molecule has 0 aromatic rings. The van der Waals surface area contributed by atoms with Crippen LogP contribution in [0.25, 0.3) is 0 Å². The normalized spacial score (nSPS) is 11.1. The van der Waals surface area contributed by atoms with Crippen molar-refractivity contribution in [3.63, 3.8) is 0 Å². The van der Waals surface area contributed by atoms with Gasteiger partial charge >= 0.3 is 20.1 Å². The van der Waals surface area contributed by atoms with Gasteiger partial charge in [-0.05, 0) is 116 Å². The van der Waals surface area contributed by atoms with Crippen molar-refractivity contribution < 1.29 is 49.8 Å². The van der Waals surface area contributed by atoms with E-state index < -0.39 is 17.9 Å². The van der Waals surface area contributed by atoms with Gasteiger partial charge in [0.1, 0.15) is 0 Å². The molecule has 0 N–H and O–H groups in total. The zero-order chi connectivity index (χ0) is 44.7. The summed E-state index contributed by atoms with van der Waals surface area (Å²) in [4.78, 5) is 30.6. The molecule has 0 aromatic heterocycles. The van der Waals surface area contributed by atoms with Crippen molar-refractivity contribution in [1.82, 2.24) is 0 Å². The van der Waals surface area contributed by atoms with E-state index in [1.807, 2.05) is 0 Å². The SMILES string of the molecule is CCCCCCCC/C=C\CCCCCCCC(=O)[O-].CCCCCCCC/C=C\CCCCCCCC(=O)[O-].CCCCCCCC/C=C\CCCCCCCC(=O)[O-].[Ir+3]. The first kappa shape index (κ1) is 65.9. The Kier molecular flexibility index (Phi) is 67.6. The molecule has 0 radical (unpaired) electrons. The van der Waals surface area contributed by atoms with E-state index in [9.17, 15) is 29.7 Å². The van der Waals surface area contributed by atoms with E-state index in [0.29, 0.717) is 0 Å². The number of carboxylic acid groups (broad SMARTS) is 3. The molecular weight excluding hydrogens is 937 g/mol. The van der Waals surface area contributed by atoms with E-state index in [2.05, 4.69) is 57.2 Å². The Morgan fingerprint density at radius 1 is 0.262 bits per heavy atom. The molecule has 0 rings (SSSR count). The molecular formula is C54H99IrO6. The number of aliphatic carboxylic acids is 3. The van der Waals surface area contributed by atoms with Gasteiger partial charge in [-0.2, -0.15) is 0 Å². The summed E-state index contributed by atoms with van der Waals surface area (Å²) in [7, 11) is 0. The average Bonchev–Trinajstić information content (AvgIpc) is 3.22. The second-order valence-corrected chi connectivity index (χ2v) is 17.1. The van der Waals surface area contributed by atoms with E-state index in [4.69, 9.17) is 0 Å². The molecule has 61 heavy (non-hydrogen) atoms. The fraction of sp³-hybridized carbons (Fsp3) is 0.833. The molecule has 0 heterocycles. The topological polar surface area (TPSA) is 120 Å². The van der Waals surface area contributed by atoms with Crippen LogP contribution in [-0.4, -0.2) is 17.9 Å². The van der Waals surface area contributed by atoms with Crippen molar-refractivity contribution in [2.45, 2.75) is 290 Å². The Labute approximate surface area is 392 Å². The van der Waals surface area contributed by atoms with Crippen LogP contribution >= 0.6 is 0 Å². The fourth-order valence-corrected chi connectivity index (χ4v) is 7.02. The number of hydrogen-bond acceptors (Lipinski definition) is 6. The summed E-state index contributed by atoms with van der Waals surface area (Å²) in [5, 5.41) is 30.6. The van der Waals surface area contributed by atoms with E-state index in [-0.39, 0.29) is 39.4 Å². The minimum Gasteiger partial charge on any atom is -0.550 e. The zero-order valence-electron chi connectivity index (χ0n) is 40.4. The minimum absolute atomic E-state index is 0. The Hall–Kier alpha value is -1.72. The third-order valence-electron chi connectivity index (χ3n) is 10.9. The molecule has 0 aliphatic rings. The monoisotopic (exact) mass is 1040 g/mol. The van der Waals surface area contributed by atoms with Crippen molar-refractivity contribution >= 4 is 17.9 Å². The first-order valence-electron chi connectivity index (χ1n) is 25.9. The standard InChI is InChI=1S/3C18H34O2.Ir/c3*1-2-3-4-5-6-7-8-9-10-11-12-13-14-15-16-17-18(19)20;/h3*9-10H,2-8,11-17H2,1H3,(H,19,20);/q;;;+3/p-3/b3*10-9-;. The minimum atomic E-state index is -0.914. The summed E-state index contributed by atoms with van der Waals surface area (Å²) in [6.07, 6.45) is 62.7. The van der Waals surface area contributed by atoms with Crippen molar-refractivity contribution in [1.29, 1.82) is 0 Å². The summed E-state index contributed by atoms with van der Waals surface area (Å²) in [5.41, 5.74) is 0. The van der Waals surface area contributed by atoms with Gasteiger partial charge in [-0.3, -0.25) is 0 Å². The van der Waals surface area contributed by atoms with Gasteiger partial charge < -0.3 is 29.7 Å². The van der Waals surface area contributed by atoms with Crippen LogP contribution < -0.4 is 15.3 Å². The first-order valence-corrected chi connectivity index (χ1v) is 25.9. The number of carboxylic acids is 3. The van der Waals surface area contributed by atoms with Gasteiger partial charge in [-0.1, -0.05) is 211 Å². The molecule has 0 fully saturated rings. The van der Waals surface area contributed by atoms with Crippen LogP contribution in [0.5, 0.6) is 0 Å². The zero-order valence-corrected chi connectivity index (χ0v) is 42.8. The summed E-state index contributed by atoms with van der Waals surface area (Å²) < 4.78 is 0. The van der Waals surface area contributed by atoms with Crippen molar-refractivity contribution in [3.8, 4) is 0 Å². The van der Waals surface area contributed by atoms with Gasteiger partial charge in [0.2, 0.25) is 0 Å². The quantitative estimate of drug-likeness (QED) is 0.0442. The maximum Gasteiger partial charge on any atom is 3.00 e. The second kappa shape index (κ2) is 62.6. The molecule has 7 heteroatoms. The molecule has 0 aliphatic heterocycles. The molecule has 0 aromatic carbocycles. The van der Waals surface area contributed by atoms with Crippen LogP contribution in [0.4, 0.5) is 0 Å². The predicted molar refractivity (Wildman–Crippen MR) is 253 cm³/mol. The molecule has 0 bridgehead atoms. The van der Waals surface area contributed by atoms with Crippen LogP contribution in [0, 0.1) is 0 Å². The Morgan fingerprint density at radius 3 is 0.574 bits per heavy atom. The number of carbonyl (C=O) groups is 3. The third kappa shape index (κ3) is 76.0. The Bertz CT molecular complexity index is 827. The van der Waals surface area contributed by atoms with Gasteiger partial charge in [0.25, 0.3) is 0 Å². The molecule has 0 saturated carbocycles. The summed E-state index contributed by atoms with van der Waals surface area (Å²) in [6, 6.07) is 0. The second-order valence-electron chi connectivity index (χ2n) is 17.1. The maximum absolute atomic E-state index is 10.2. The molecule has 0 spiro atoms. The number of rotatable bonds is 45. The van der Waals surface area contributed by atoms with Gasteiger partial charge in [0, 0.05) is 17.9 Å². The van der Waals surface area contributed by atoms with Crippen molar-refractivity contribution in [3.05, 3.63) is 36.5 Å². The van der Waals surface area contributed by atoms with Crippen LogP contribution in [0.3, 0.4) is 0 Å². The number of unbranched alkanes of at least 4 members (excludes halogenated alkanes) is 33. The molecule has 0 atom stereocenters.